The minimum absolute atomic E-state index is 0.144. The molecule has 0 saturated carbocycles. The number of furan rings is 1. The van der Waals surface area contributed by atoms with E-state index in [1.165, 1.54) is 0 Å². The maximum Gasteiger partial charge on any atom is 0.289 e. The Bertz CT molecular complexity index is 388. The summed E-state index contributed by atoms with van der Waals surface area (Å²) in [6.45, 7) is 2.82. The molecular weight excluding hydrogens is 262 g/mol. The number of hydrogen-bond donors (Lipinski definition) is 1. The molecule has 1 amide bonds. The molecule has 4 nitrogen and oxygen atoms in total. The van der Waals surface area contributed by atoms with Crippen molar-refractivity contribution >= 4 is 21.8 Å². The van der Waals surface area contributed by atoms with Crippen LogP contribution < -0.4 is 0 Å². The van der Waals surface area contributed by atoms with Gasteiger partial charge in [-0.3, -0.25) is 4.79 Å². The van der Waals surface area contributed by atoms with Crippen LogP contribution in [0.1, 0.15) is 22.5 Å². The van der Waals surface area contributed by atoms with Crippen LogP contribution in [0.5, 0.6) is 0 Å². The molecule has 0 aliphatic carbocycles. The van der Waals surface area contributed by atoms with Gasteiger partial charge in [0.2, 0.25) is 0 Å². The Kier molecular flexibility index (Phi) is 2.84. The highest BCUT2D eigenvalue weighted by Crippen LogP contribution is 2.22. The Hall–Kier alpha value is -0.810. The fourth-order valence-electron chi connectivity index (χ4n) is 1.73. The summed E-state index contributed by atoms with van der Waals surface area (Å²) < 4.78 is 5.83. The molecule has 1 aliphatic heterocycles. The summed E-state index contributed by atoms with van der Waals surface area (Å²) in [4.78, 5) is 13.5. The summed E-state index contributed by atoms with van der Waals surface area (Å²) in [7, 11) is 0. The van der Waals surface area contributed by atoms with Crippen molar-refractivity contribution in [3.63, 3.8) is 0 Å². The van der Waals surface area contributed by atoms with Gasteiger partial charge in [-0.15, -0.1) is 0 Å². The first kappa shape index (κ1) is 10.7. The molecular formula is C10H12BrNO3. The van der Waals surface area contributed by atoms with Gasteiger partial charge in [-0.05, 0) is 35.3 Å². The van der Waals surface area contributed by atoms with E-state index in [1.807, 2.05) is 6.92 Å². The number of nitrogens with zero attached hydrogens (tertiary/aromatic N) is 1. The highest BCUT2D eigenvalue weighted by Gasteiger charge is 2.28. The smallest absolute Gasteiger partial charge is 0.289 e. The summed E-state index contributed by atoms with van der Waals surface area (Å²) in [5, 5.41) is 9.34. The van der Waals surface area contributed by atoms with Gasteiger partial charge in [0.15, 0.2) is 10.4 Å². The highest BCUT2D eigenvalue weighted by atomic mass is 79.9. The van der Waals surface area contributed by atoms with Gasteiger partial charge in [0, 0.05) is 18.7 Å². The Morgan fingerprint density at radius 3 is 2.93 bits per heavy atom. The van der Waals surface area contributed by atoms with E-state index in [4.69, 9.17) is 4.42 Å². The van der Waals surface area contributed by atoms with E-state index in [0.717, 1.165) is 5.56 Å². The third-order valence-corrected chi connectivity index (χ3v) is 2.92. The van der Waals surface area contributed by atoms with Crippen LogP contribution in [0.3, 0.4) is 0 Å². The lowest BCUT2D eigenvalue weighted by atomic mass is 10.2. The number of carbonyl (C=O) groups excluding carboxylic acids is 1. The van der Waals surface area contributed by atoms with E-state index in [-0.39, 0.29) is 5.91 Å². The standard InChI is InChI=1S/C10H12BrNO3/c1-6-4-8(11)15-9(6)10(14)12-3-2-7(13)5-12/h4,7,13H,2-3,5H2,1H3/t7-/m1/s1. The second kappa shape index (κ2) is 3.98. The van der Waals surface area contributed by atoms with Gasteiger partial charge < -0.3 is 14.4 Å². The Morgan fingerprint density at radius 1 is 1.73 bits per heavy atom. The molecule has 2 rings (SSSR count). The van der Waals surface area contributed by atoms with Crippen molar-refractivity contribution in [1.82, 2.24) is 4.90 Å². The van der Waals surface area contributed by atoms with Crippen molar-refractivity contribution < 1.29 is 14.3 Å². The zero-order chi connectivity index (χ0) is 11.0. The lowest BCUT2D eigenvalue weighted by Gasteiger charge is -2.13. The molecule has 5 heteroatoms. The monoisotopic (exact) mass is 273 g/mol. The number of aliphatic hydroxyl groups is 1. The molecule has 1 atom stereocenters. The Balaban J connectivity index is 2.17. The van der Waals surface area contributed by atoms with Crippen LogP contribution in [0.15, 0.2) is 15.2 Å². The van der Waals surface area contributed by atoms with E-state index in [1.54, 1.807) is 11.0 Å². The molecule has 15 heavy (non-hydrogen) atoms. The van der Waals surface area contributed by atoms with Crippen LogP contribution in [-0.2, 0) is 0 Å². The van der Waals surface area contributed by atoms with Crippen LogP contribution in [-0.4, -0.2) is 35.1 Å². The summed E-state index contributed by atoms with van der Waals surface area (Å²) in [6.07, 6.45) is 0.250. The Morgan fingerprint density at radius 2 is 2.47 bits per heavy atom. The fraction of sp³-hybridized carbons (Fsp3) is 0.500. The van der Waals surface area contributed by atoms with Crippen molar-refractivity contribution in [2.24, 2.45) is 0 Å². The van der Waals surface area contributed by atoms with Crippen molar-refractivity contribution in [1.29, 1.82) is 0 Å². The largest absolute Gasteiger partial charge is 0.444 e. The van der Waals surface area contributed by atoms with Gasteiger partial charge in [0.05, 0.1) is 6.10 Å². The van der Waals surface area contributed by atoms with Crippen LogP contribution in [0.25, 0.3) is 0 Å². The van der Waals surface area contributed by atoms with Crippen molar-refractivity contribution in [3.8, 4) is 0 Å². The number of aryl methyl sites for hydroxylation is 1. The minimum atomic E-state index is -0.396. The summed E-state index contributed by atoms with van der Waals surface area (Å²) >= 11 is 3.18. The van der Waals surface area contributed by atoms with Gasteiger partial charge in [-0.1, -0.05) is 0 Å². The molecule has 1 aliphatic rings. The fourth-order valence-corrected chi connectivity index (χ4v) is 2.23. The van der Waals surface area contributed by atoms with Gasteiger partial charge in [0.25, 0.3) is 5.91 Å². The van der Waals surface area contributed by atoms with E-state index in [9.17, 15) is 9.90 Å². The topological polar surface area (TPSA) is 53.7 Å². The molecule has 0 spiro atoms. The number of hydrogen-bond acceptors (Lipinski definition) is 3. The predicted octanol–water partition coefficient (Wildman–Crippen LogP) is 1.56. The van der Waals surface area contributed by atoms with Crippen LogP contribution in [0.2, 0.25) is 0 Å². The van der Waals surface area contributed by atoms with E-state index < -0.39 is 6.10 Å². The van der Waals surface area contributed by atoms with Crippen molar-refractivity contribution in [2.75, 3.05) is 13.1 Å². The second-order valence-electron chi connectivity index (χ2n) is 3.76. The molecule has 1 aromatic heterocycles. The molecule has 1 saturated heterocycles. The van der Waals surface area contributed by atoms with Gasteiger partial charge in [0.1, 0.15) is 0 Å². The number of halogens is 1. The number of carbonyl (C=O) groups is 1. The van der Waals surface area contributed by atoms with Crippen LogP contribution in [0.4, 0.5) is 0 Å². The SMILES string of the molecule is Cc1cc(Br)oc1C(=O)N1CC[C@@H](O)C1. The molecule has 0 radical (unpaired) electrons. The highest BCUT2D eigenvalue weighted by molar-refractivity contribution is 9.10. The lowest BCUT2D eigenvalue weighted by molar-refractivity contribution is 0.0731. The predicted molar refractivity (Wildman–Crippen MR) is 57.7 cm³/mol. The number of rotatable bonds is 1. The minimum Gasteiger partial charge on any atom is -0.444 e. The summed E-state index contributed by atoms with van der Waals surface area (Å²) in [5.74, 6) is 0.214. The first-order valence-electron chi connectivity index (χ1n) is 4.81. The molecule has 0 aromatic carbocycles. The van der Waals surface area contributed by atoms with Gasteiger partial charge >= 0.3 is 0 Å². The first-order valence-corrected chi connectivity index (χ1v) is 5.60. The number of aliphatic hydroxyl groups excluding tert-OH is 1. The first-order chi connectivity index (χ1) is 7.08. The third-order valence-electron chi connectivity index (χ3n) is 2.53. The van der Waals surface area contributed by atoms with E-state index >= 15 is 0 Å². The molecule has 0 unspecified atom stereocenters. The third kappa shape index (κ3) is 2.08. The van der Waals surface area contributed by atoms with E-state index in [0.29, 0.717) is 29.9 Å². The Labute approximate surface area is 96.0 Å². The lowest BCUT2D eigenvalue weighted by Crippen LogP contribution is -2.29. The molecule has 1 fully saturated rings. The van der Waals surface area contributed by atoms with Gasteiger partial charge in [-0.25, -0.2) is 0 Å². The molecule has 1 aromatic rings. The van der Waals surface area contributed by atoms with Crippen molar-refractivity contribution in [2.45, 2.75) is 19.4 Å². The number of amides is 1. The molecule has 1 N–H and O–H groups in total. The summed E-state index contributed by atoms with van der Waals surface area (Å²) in [5.41, 5.74) is 0.813. The quantitative estimate of drug-likeness (QED) is 0.845. The maximum absolute atomic E-state index is 11.9. The van der Waals surface area contributed by atoms with Gasteiger partial charge in [-0.2, -0.15) is 0 Å². The number of likely N-dealkylation sites (tertiary alicyclic amines) is 1. The van der Waals surface area contributed by atoms with E-state index in [2.05, 4.69) is 15.9 Å². The average Bonchev–Trinajstić information content (AvgIpc) is 2.71. The zero-order valence-electron chi connectivity index (χ0n) is 8.36. The van der Waals surface area contributed by atoms with Crippen LogP contribution in [0, 0.1) is 6.92 Å². The second-order valence-corrected chi connectivity index (χ2v) is 4.54. The molecule has 2 heterocycles. The molecule has 0 bridgehead atoms. The molecule has 82 valence electrons. The average molecular weight is 274 g/mol. The van der Waals surface area contributed by atoms with Crippen molar-refractivity contribution in [3.05, 3.63) is 22.1 Å². The normalized spacial score (nSPS) is 21.0. The zero-order valence-corrected chi connectivity index (χ0v) is 9.95. The maximum atomic E-state index is 11.9. The van der Waals surface area contributed by atoms with Crippen LogP contribution >= 0.6 is 15.9 Å². The number of β-amino-alcohol motifs (C(OH)–C–C–N with tert-alkyl or cyclic N) is 1. The summed E-state index contributed by atoms with van der Waals surface area (Å²) in [6, 6.07) is 1.76.